The van der Waals surface area contributed by atoms with Gasteiger partial charge in [-0.25, -0.2) is 8.42 Å². The first-order chi connectivity index (χ1) is 13.1. The van der Waals surface area contributed by atoms with Crippen LogP contribution in [0.5, 0.6) is 5.75 Å². The van der Waals surface area contributed by atoms with Crippen molar-refractivity contribution in [2.45, 2.75) is 38.1 Å². The number of morpholine rings is 1. The third kappa shape index (κ3) is 4.81. The summed E-state index contributed by atoms with van der Waals surface area (Å²) in [7, 11) is -2.68. The molecule has 0 radical (unpaired) electrons. The summed E-state index contributed by atoms with van der Waals surface area (Å²) in [5.41, 5.74) is 1.54. The number of hydrogen-bond donors (Lipinski definition) is 2. The maximum absolute atomic E-state index is 12.9. The molecule has 0 bridgehead atoms. The Kier molecular flexibility index (Phi) is 7.02. The Morgan fingerprint density at radius 3 is 2.39 bits per heavy atom. The fourth-order valence-corrected chi connectivity index (χ4v) is 4.90. The Bertz CT molecular complexity index is 861. The van der Waals surface area contributed by atoms with Gasteiger partial charge in [0.05, 0.1) is 31.6 Å². The van der Waals surface area contributed by atoms with E-state index in [9.17, 15) is 23.1 Å². The third-order valence-electron chi connectivity index (χ3n) is 4.81. The smallest absolute Gasteiger partial charge is 0.322 e. The summed E-state index contributed by atoms with van der Waals surface area (Å²) in [5, 5.41) is 9.46. The van der Waals surface area contributed by atoms with Gasteiger partial charge >= 0.3 is 5.97 Å². The lowest BCUT2D eigenvalue weighted by Crippen LogP contribution is -2.47. The van der Waals surface area contributed by atoms with E-state index in [-0.39, 0.29) is 4.90 Å². The fourth-order valence-electron chi connectivity index (χ4n) is 3.19. The van der Waals surface area contributed by atoms with Crippen LogP contribution in [0.25, 0.3) is 0 Å². The largest absolute Gasteiger partial charge is 0.496 e. The number of carbonyl (C=O) groups is 2. The SMILES string of the molecule is COc1cc(C)c(S(=O)(=O)NC(CC(=O)N2CCOCC2)C(=O)O)c(C)c1C. The molecule has 1 aliphatic heterocycles. The van der Waals surface area contributed by atoms with E-state index >= 15 is 0 Å². The summed E-state index contributed by atoms with van der Waals surface area (Å²) in [5.74, 6) is -1.30. The number of benzene rings is 1. The highest BCUT2D eigenvalue weighted by molar-refractivity contribution is 7.89. The topological polar surface area (TPSA) is 122 Å². The molecule has 2 N–H and O–H groups in total. The number of carbonyl (C=O) groups excluding carboxylic acids is 1. The number of amides is 1. The molecule has 28 heavy (non-hydrogen) atoms. The highest BCUT2D eigenvalue weighted by atomic mass is 32.2. The van der Waals surface area contributed by atoms with Crippen molar-refractivity contribution in [3.63, 3.8) is 0 Å². The lowest BCUT2D eigenvalue weighted by Gasteiger charge is -2.28. The minimum Gasteiger partial charge on any atom is -0.496 e. The number of ether oxygens (including phenoxy) is 2. The Labute approximate surface area is 164 Å². The Balaban J connectivity index is 2.28. The molecule has 1 unspecified atom stereocenters. The molecule has 1 fully saturated rings. The van der Waals surface area contributed by atoms with Gasteiger partial charge in [0.15, 0.2) is 0 Å². The molecule has 1 aromatic rings. The van der Waals surface area contributed by atoms with Gasteiger partial charge in [0.25, 0.3) is 0 Å². The molecule has 0 spiro atoms. The first-order valence-electron chi connectivity index (χ1n) is 8.84. The van der Waals surface area contributed by atoms with Crippen LogP contribution in [0.1, 0.15) is 23.1 Å². The van der Waals surface area contributed by atoms with E-state index in [0.717, 1.165) is 0 Å². The maximum atomic E-state index is 12.9. The summed E-state index contributed by atoms with van der Waals surface area (Å²) in [6, 6.07) is 0.0208. The highest BCUT2D eigenvalue weighted by Gasteiger charge is 2.32. The van der Waals surface area contributed by atoms with Crippen LogP contribution < -0.4 is 9.46 Å². The van der Waals surface area contributed by atoms with Crippen molar-refractivity contribution in [2.75, 3.05) is 33.4 Å². The predicted molar refractivity (Wildman–Crippen MR) is 101 cm³/mol. The second-order valence-corrected chi connectivity index (χ2v) is 8.34. The molecule has 1 amide bonds. The van der Waals surface area contributed by atoms with Gasteiger partial charge in [0, 0.05) is 13.1 Å². The molecule has 1 saturated heterocycles. The van der Waals surface area contributed by atoms with Crippen LogP contribution in [0.3, 0.4) is 0 Å². The molecular weight excluding hydrogens is 388 g/mol. The minimum atomic E-state index is -4.17. The number of nitrogens with zero attached hydrogens (tertiary/aromatic N) is 1. The zero-order valence-corrected chi connectivity index (χ0v) is 17.3. The summed E-state index contributed by atoms with van der Waals surface area (Å²) in [4.78, 5) is 25.5. The van der Waals surface area contributed by atoms with E-state index < -0.39 is 34.4 Å². The van der Waals surface area contributed by atoms with Gasteiger partial charge in [-0.1, -0.05) is 0 Å². The number of methoxy groups -OCH3 is 1. The van der Waals surface area contributed by atoms with Gasteiger partial charge in [0.1, 0.15) is 11.8 Å². The van der Waals surface area contributed by atoms with Crippen LogP contribution in [0.2, 0.25) is 0 Å². The zero-order chi connectivity index (χ0) is 21.1. The van der Waals surface area contributed by atoms with Gasteiger partial charge in [-0.15, -0.1) is 0 Å². The number of aliphatic carboxylic acids is 1. The first-order valence-corrected chi connectivity index (χ1v) is 10.3. The molecule has 9 nitrogen and oxygen atoms in total. The molecule has 0 saturated carbocycles. The number of hydrogen-bond acceptors (Lipinski definition) is 6. The molecule has 1 atom stereocenters. The maximum Gasteiger partial charge on any atom is 0.322 e. The van der Waals surface area contributed by atoms with Crippen LogP contribution in [0, 0.1) is 20.8 Å². The lowest BCUT2D eigenvalue weighted by atomic mass is 10.1. The quantitative estimate of drug-likeness (QED) is 0.670. The van der Waals surface area contributed by atoms with Crippen molar-refractivity contribution in [1.29, 1.82) is 0 Å². The summed E-state index contributed by atoms with van der Waals surface area (Å²) >= 11 is 0. The van der Waals surface area contributed by atoms with Crippen LogP contribution in [-0.4, -0.2) is 69.8 Å². The average Bonchev–Trinajstić information content (AvgIpc) is 2.64. The van der Waals surface area contributed by atoms with E-state index in [1.807, 2.05) is 0 Å². The van der Waals surface area contributed by atoms with Crippen molar-refractivity contribution in [2.24, 2.45) is 0 Å². The van der Waals surface area contributed by atoms with Crippen LogP contribution in [0.15, 0.2) is 11.0 Å². The normalized spacial score (nSPS) is 15.9. The molecule has 156 valence electrons. The van der Waals surface area contributed by atoms with Crippen molar-refractivity contribution >= 4 is 21.9 Å². The fraction of sp³-hybridized carbons (Fsp3) is 0.556. The van der Waals surface area contributed by atoms with Gasteiger partial charge < -0.3 is 19.5 Å². The first kappa shape index (κ1) is 22.1. The van der Waals surface area contributed by atoms with Crippen LogP contribution in [0.4, 0.5) is 0 Å². The van der Waals surface area contributed by atoms with Crippen molar-refractivity contribution in [3.05, 3.63) is 22.8 Å². The number of carboxylic acid groups (broad SMARTS) is 1. The lowest BCUT2D eigenvalue weighted by molar-refractivity contribution is -0.144. The zero-order valence-electron chi connectivity index (χ0n) is 16.4. The second kappa shape index (κ2) is 8.89. The average molecular weight is 414 g/mol. The summed E-state index contributed by atoms with van der Waals surface area (Å²) < 4.78 is 38.5. The summed E-state index contributed by atoms with van der Waals surface area (Å²) in [6.45, 7) is 6.43. The van der Waals surface area contributed by atoms with Crippen molar-refractivity contribution in [3.8, 4) is 5.75 Å². The number of aryl methyl sites for hydroxylation is 1. The number of sulfonamides is 1. The number of carboxylic acids is 1. The predicted octanol–water partition coefficient (Wildman–Crippen LogP) is 0.601. The van der Waals surface area contributed by atoms with Gasteiger partial charge in [-0.3, -0.25) is 9.59 Å². The molecule has 1 aliphatic rings. The number of rotatable bonds is 7. The Morgan fingerprint density at radius 2 is 1.86 bits per heavy atom. The molecule has 1 heterocycles. The van der Waals surface area contributed by atoms with E-state index in [1.165, 1.54) is 12.0 Å². The van der Waals surface area contributed by atoms with Gasteiger partial charge in [0.2, 0.25) is 15.9 Å². The summed E-state index contributed by atoms with van der Waals surface area (Å²) in [6.07, 6.45) is -0.470. The Hall–Kier alpha value is -2.17. The van der Waals surface area contributed by atoms with Crippen LogP contribution >= 0.6 is 0 Å². The van der Waals surface area contributed by atoms with Gasteiger partial charge in [-0.05, 0) is 43.5 Å². The van der Waals surface area contributed by atoms with Crippen LogP contribution in [-0.2, 0) is 24.3 Å². The molecule has 0 aromatic heterocycles. The second-order valence-electron chi connectivity index (χ2n) is 6.68. The third-order valence-corrected chi connectivity index (χ3v) is 6.57. The van der Waals surface area contributed by atoms with E-state index in [0.29, 0.717) is 48.7 Å². The van der Waals surface area contributed by atoms with Crippen molar-refractivity contribution in [1.82, 2.24) is 9.62 Å². The standard InChI is InChI=1S/C18H26N2O7S/c1-11-9-15(26-4)12(2)13(3)17(11)28(24,25)19-14(18(22)23)10-16(21)20-5-7-27-8-6-20/h9,14,19H,5-8,10H2,1-4H3,(H,22,23). The highest BCUT2D eigenvalue weighted by Crippen LogP contribution is 2.30. The van der Waals surface area contributed by atoms with Crippen molar-refractivity contribution < 1.29 is 32.6 Å². The molecule has 2 rings (SSSR count). The minimum absolute atomic E-state index is 0.00382. The van der Waals surface area contributed by atoms with Gasteiger partial charge in [-0.2, -0.15) is 4.72 Å². The molecular formula is C18H26N2O7S. The monoisotopic (exact) mass is 414 g/mol. The Morgan fingerprint density at radius 1 is 1.25 bits per heavy atom. The number of nitrogens with one attached hydrogen (secondary N) is 1. The van der Waals surface area contributed by atoms with E-state index in [1.54, 1.807) is 26.8 Å². The van der Waals surface area contributed by atoms with E-state index in [4.69, 9.17) is 9.47 Å². The molecule has 0 aliphatic carbocycles. The molecule has 1 aromatic carbocycles. The molecule has 10 heteroatoms. The van der Waals surface area contributed by atoms with E-state index in [2.05, 4.69) is 4.72 Å².